The van der Waals surface area contributed by atoms with Crippen LogP contribution in [0.15, 0.2) is 29.4 Å². The lowest BCUT2D eigenvalue weighted by molar-refractivity contribution is -0.0352. The summed E-state index contributed by atoms with van der Waals surface area (Å²) >= 11 is 0. The molecule has 1 aromatic heterocycles. The number of nitrogens with one attached hydrogen (secondary N) is 2. The van der Waals surface area contributed by atoms with E-state index in [9.17, 15) is 0 Å². The molecule has 1 aliphatic heterocycles. The lowest BCUT2D eigenvalue weighted by atomic mass is 9.80. The van der Waals surface area contributed by atoms with E-state index in [4.69, 9.17) is 9.73 Å². The molecule has 0 atom stereocenters. The molecule has 1 saturated carbocycles. The number of rotatable bonds is 6. The molecule has 2 aliphatic rings. The highest BCUT2D eigenvalue weighted by Gasteiger charge is 2.38. The minimum atomic E-state index is 0.239. The van der Waals surface area contributed by atoms with Crippen molar-refractivity contribution in [3.05, 3.63) is 30.1 Å². The van der Waals surface area contributed by atoms with Crippen LogP contribution in [0.5, 0.6) is 0 Å². The molecule has 1 saturated heterocycles. The molecule has 2 heterocycles. The monoisotopic (exact) mass is 359 g/mol. The van der Waals surface area contributed by atoms with Crippen LogP contribution in [0.25, 0.3) is 0 Å². The lowest BCUT2D eigenvalue weighted by Crippen LogP contribution is -2.60. The Kier molecular flexibility index (Phi) is 7.26. The van der Waals surface area contributed by atoms with E-state index in [1.165, 1.54) is 32.1 Å². The van der Waals surface area contributed by atoms with Crippen molar-refractivity contribution in [2.45, 2.75) is 51.1 Å². The Bertz CT molecular complexity index is 551. The fourth-order valence-electron chi connectivity index (χ4n) is 4.09. The first kappa shape index (κ1) is 19.1. The maximum absolute atomic E-state index is 5.58. The predicted molar refractivity (Wildman–Crippen MR) is 105 cm³/mol. The third kappa shape index (κ3) is 5.17. The number of morpholine rings is 1. The maximum Gasteiger partial charge on any atom is 0.191 e. The summed E-state index contributed by atoms with van der Waals surface area (Å²) in [5, 5.41) is 7.01. The van der Waals surface area contributed by atoms with Crippen LogP contribution in [-0.2, 0) is 11.3 Å². The molecule has 26 heavy (non-hydrogen) atoms. The molecule has 0 aromatic carbocycles. The molecule has 0 bridgehead atoms. The first-order valence-corrected chi connectivity index (χ1v) is 10.1. The molecule has 1 aromatic rings. The van der Waals surface area contributed by atoms with Gasteiger partial charge in [-0.1, -0.05) is 25.3 Å². The van der Waals surface area contributed by atoms with Crippen LogP contribution < -0.4 is 10.6 Å². The zero-order chi connectivity index (χ0) is 18.1. The second kappa shape index (κ2) is 9.88. The Balaban J connectivity index is 1.64. The number of ether oxygens (including phenoxy) is 1. The van der Waals surface area contributed by atoms with Gasteiger partial charge in [-0.05, 0) is 31.9 Å². The fraction of sp³-hybridized carbons (Fsp3) is 0.700. The summed E-state index contributed by atoms with van der Waals surface area (Å²) < 4.78 is 5.58. The molecule has 0 amide bonds. The number of pyridine rings is 1. The zero-order valence-corrected chi connectivity index (χ0v) is 16.0. The number of hydrogen-bond acceptors (Lipinski definition) is 4. The second-order valence-electron chi connectivity index (χ2n) is 7.25. The third-order valence-electron chi connectivity index (χ3n) is 5.52. The van der Waals surface area contributed by atoms with Gasteiger partial charge in [0.1, 0.15) is 0 Å². The van der Waals surface area contributed by atoms with Gasteiger partial charge in [-0.3, -0.25) is 9.88 Å². The average molecular weight is 360 g/mol. The van der Waals surface area contributed by atoms with Crippen molar-refractivity contribution in [2.24, 2.45) is 4.99 Å². The van der Waals surface area contributed by atoms with Gasteiger partial charge in [-0.2, -0.15) is 0 Å². The fourth-order valence-corrected chi connectivity index (χ4v) is 4.09. The summed E-state index contributed by atoms with van der Waals surface area (Å²) in [5.41, 5.74) is 1.23. The van der Waals surface area contributed by atoms with Crippen LogP contribution >= 0.6 is 0 Å². The first-order valence-electron chi connectivity index (χ1n) is 10.1. The molecule has 0 spiro atoms. The van der Waals surface area contributed by atoms with Gasteiger partial charge in [0.15, 0.2) is 5.96 Å². The van der Waals surface area contributed by atoms with Crippen molar-refractivity contribution >= 4 is 5.96 Å². The van der Waals surface area contributed by atoms with E-state index in [0.29, 0.717) is 6.54 Å². The average Bonchev–Trinajstić information content (AvgIpc) is 2.72. The molecule has 2 fully saturated rings. The molecule has 2 N–H and O–H groups in total. The number of aromatic nitrogens is 1. The van der Waals surface area contributed by atoms with Crippen LogP contribution in [-0.4, -0.2) is 60.8 Å². The highest BCUT2D eigenvalue weighted by atomic mass is 16.5. The number of hydrogen-bond donors (Lipinski definition) is 2. The number of nitrogens with zero attached hydrogens (tertiary/aromatic N) is 3. The smallest absolute Gasteiger partial charge is 0.191 e. The largest absolute Gasteiger partial charge is 0.379 e. The quantitative estimate of drug-likeness (QED) is 0.602. The van der Waals surface area contributed by atoms with Crippen LogP contribution in [0.1, 0.15) is 44.7 Å². The molecule has 6 heteroatoms. The summed E-state index contributed by atoms with van der Waals surface area (Å²) in [5.74, 6) is 0.886. The SMILES string of the molecule is CCNC(=NCc1ccccn1)NCC1(N2CCOCC2)CCCCC1. The molecule has 144 valence electrons. The third-order valence-corrected chi connectivity index (χ3v) is 5.52. The minimum Gasteiger partial charge on any atom is -0.379 e. The molecule has 0 radical (unpaired) electrons. The van der Waals surface area contributed by atoms with E-state index in [2.05, 4.69) is 27.4 Å². The topological polar surface area (TPSA) is 61.8 Å². The van der Waals surface area contributed by atoms with Gasteiger partial charge in [-0.15, -0.1) is 0 Å². The van der Waals surface area contributed by atoms with E-state index < -0.39 is 0 Å². The highest BCUT2D eigenvalue weighted by molar-refractivity contribution is 5.79. The highest BCUT2D eigenvalue weighted by Crippen LogP contribution is 2.33. The van der Waals surface area contributed by atoms with E-state index >= 15 is 0 Å². The Morgan fingerprint density at radius 2 is 2.00 bits per heavy atom. The summed E-state index contributed by atoms with van der Waals surface area (Å²) in [6, 6.07) is 5.96. The van der Waals surface area contributed by atoms with Crippen molar-refractivity contribution < 1.29 is 4.74 Å². The van der Waals surface area contributed by atoms with Gasteiger partial charge in [0.25, 0.3) is 0 Å². The molecule has 6 nitrogen and oxygen atoms in total. The van der Waals surface area contributed by atoms with Crippen LogP contribution in [0.4, 0.5) is 0 Å². The standard InChI is InChI=1S/C20H33N5O/c1-2-21-19(23-16-18-8-4-7-11-22-18)24-17-20(9-5-3-6-10-20)25-12-14-26-15-13-25/h4,7-8,11H,2-3,5-6,9-10,12-17H2,1H3,(H2,21,23,24). The van der Waals surface area contributed by atoms with Gasteiger partial charge in [0.2, 0.25) is 0 Å². The van der Waals surface area contributed by atoms with E-state index in [1.54, 1.807) is 0 Å². The Labute approximate surface area is 157 Å². The van der Waals surface area contributed by atoms with Gasteiger partial charge in [0, 0.05) is 37.9 Å². The molecule has 0 unspecified atom stereocenters. The molecular weight excluding hydrogens is 326 g/mol. The van der Waals surface area contributed by atoms with E-state index in [-0.39, 0.29) is 5.54 Å². The predicted octanol–water partition coefficient (Wildman–Crippen LogP) is 2.17. The van der Waals surface area contributed by atoms with Crippen molar-refractivity contribution in [2.75, 3.05) is 39.4 Å². The normalized spacial score (nSPS) is 21.3. The van der Waals surface area contributed by atoms with Crippen LogP contribution in [0.3, 0.4) is 0 Å². The summed E-state index contributed by atoms with van der Waals surface area (Å²) in [7, 11) is 0. The summed E-state index contributed by atoms with van der Waals surface area (Å²) in [4.78, 5) is 11.8. The Morgan fingerprint density at radius 1 is 1.19 bits per heavy atom. The van der Waals surface area contributed by atoms with E-state index in [0.717, 1.165) is 51.0 Å². The molecule has 3 rings (SSSR count). The van der Waals surface area contributed by atoms with Crippen molar-refractivity contribution in [3.8, 4) is 0 Å². The van der Waals surface area contributed by atoms with Crippen LogP contribution in [0, 0.1) is 0 Å². The van der Waals surface area contributed by atoms with Gasteiger partial charge < -0.3 is 15.4 Å². The molecule has 1 aliphatic carbocycles. The minimum absolute atomic E-state index is 0.239. The van der Waals surface area contributed by atoms with Gasteiger partial charge in [0.05, 0.1) is 25.5 Å². The maximum atomic E-state index is 5.58. The lowest BCUT2D eigenvalue weighted by Gasteiger charge is -2.48. The summed E-state index contributed by atoms with van der Waals surface area (Å²) in [6.07, 6.45) is 8.35. The Morgan fingerprint density at radius 3 is 2.69 bits per heavy atom. The van der Waals surface area contributed by atoms with Crippen LogP contribution in [0.2, 0.25) is 0 Å². The second-order valence-corrected chi connectivity index (χ2v) is 7.25. The van der Waals surface area contributed by atoms with E-state index in [1.807, 2.05) is 24.4 Å². The van der Waals surface area contributed by atoms with Crippen molar-refractivity contribution in [1.29, 1.82) is 0 Å². The Hall–Kier alpha value is -1.66. The van der Waals surface area contributed by atoms with Crippen molar-refractivity contribution in [1.82, 2.24) is 20.5 Å². The van der Waals surface area contributed by atoms with Gasteiger partial charge >= 0.3 is 0 Å². The summed E-state index contributed by atoms with van der Waals surface area (Å²) in [6.45, 7) is 8.31. The van der Waals surface area contributed by atoms with Crippen molar-refractivity contribution in [3.63, 3.8) is 0 Å². The first-order chi connectivity index (χ1) is 12.8. The number of aliphatic imine (C=N–C) groups is 1. The molecular formula is C20H33N5O. The number of guanidine groups is 1. The van der Waals surface area contributed by atoms with Gasteiger partial charge in [-0.25, -0.2) is 4.99 Å². The zero-order valence-electron chi connectivity index (χ0n) is 16.0.